The third-order valence-electron chi connectivity index (χ3n) is 2.49. The molecule has 0 aromatic heterocycles. The van der Waals surface area contributed by atoms with Crippen LogP contribution in [0.1, 0.15) is 12.5 Å². The molecule has 19 heavy (non-hydrogen) atoms. The number of hydrogen-bond acceptors (Lipinski definition) is 3. The molecule has 0 atom stereocenters. The van der Waals surface area contributed by atoms with Crippen LogP contribution in [0.25, 0.3) is 6.08 Å². The standard InChI is InChI=1S/C16H16N2O/c1-13(6-5-9-18-2)15(12-17)10-14-7-4-8-16(11-14)19-3/h4-11H,2H2,1,3H3. The number of methoxy groups -OCH3 is 1. The normalized spacial score (nSPS) is 12.3. The summed E-state index contributed by atoms with van der Waals surface area (Å²) >= 11 is 0. The zero-order chi connectivity index (χ0) is 14.1. The Morgan fingerprint density at radius 2 is 2.26 bits per heavy atom. The first kappa shape index (κ1) is 14.5. The lowest BCUT2D eigenvalue weighted by Gasteiger charge is -2.02. The highest BCUT2D eigenvalue weighted by atomic mass is 16.5. The lowest BCUT2D eigenvalue weighted by atomic mass is 10.0. The summed E-state index contributed by atoms with van der Waals surface area (Å²) in [5, 5.41) is 9.19. The fourth-order valence-corrected chi connectivity index (χ4v) is 1.47. The van der Waals surface area contributed by atoms with Crippen LogP contribution >= 0.6 is 0 Å². The van der Waals surface area contributed by atoms with Gasteiger partial charge in [-0.3, -0.25) is 4.99 Å². The Labute approximate surface area is 113 Å². The summed E-state index contributed by atoms with van der Waals surface area (Å²) < 4.78 is 5.15. The van der Waals surface area contributed by atoms with Crippen molar-refractivity contribution in [1.29, 1.82) is 5.26 Å². The molecule has 0 spiro atoms. The largest absolute Gasteiger partial charge is 0.497 e. The molecule has 0 bridgehead atoms. The first-order chi connectivity index (χ1) is 9.21. The maximum absolute atomic E-state index is 9.19. The molecule has 0 aliphatic carbocycles. The van der Waals surface area contributed by atoms with E-state index in [0.29, 0.717) is 5.57 Å². The molecular formula is C16H16N2O. The van der Waals surface area contributed by atoms with E-state index < -0.39 is 0 Å². The highest BCUT2D eigenvalue weighted by Crippen LogP contribution is 2.18. The fraction of sp³-hybridized carbons (Fsp3) is 0.125. The Hall–Kier alpha value is -2.60. The van der Waals surface area contributed by atoms with Gasteiger partial charge in [0, 0.05) is 6.20 Å². The molecule has 0 fully saturated rings. The smallest absolute Gasteiger partial charge is 0.119 e. The third-order valence-corrected chi connectivity index (χ3v) is 2.49. The molecule has 1 aromatic carbocycles. The number of ether oxygens (including phenoxy) is 1. The number of nitriles is 1. The molecule has 0 heterocycles. The summed E-state index contributed by atoms with van der Waals surface area (Å²) in [5.74, 6) is 0.767. The van der Waals surface area contributed by atoms with E-state index in [1.54, 1.807) is 19.4 Å². The summed E-state index contributed by atoms with van der Waals surface area (Å²) in [7, 11) is 1.62. The molecule has 0 unspecified atom stereocenters. The number of rotatable bonds is 5. The summed E-state index contributed by atoms with van der Waals surface area (Å²) in [6, 6.07) is 9.75. The van der Waals surface area contributed by atoms with Gasteiger partial charge in [0.05, 0.1) is 18.8 Å². The predicted molar refractivity (Wildman–Crippen MR) is 79.0 cm³/mol. The Kier molecular flexibility index (Phi) is 5.84. The van der Waals surface area contributed by atoms with Gasteiger partial charge in [-0.1, -0.05) is 18.2 Å². The highest BCUT2D eigenvalue weighted by Gasteiger charge is 1.99. The van der Waals surface area contributed by atoms with E-state index in [2.05, 4.69) is 17.8 Å². The van der Waals surface area contributed by atoms with E-state index in [1.165, 1.54) is 0 Å². The summed E-state index contributed by atoms with van der Waals surface area (Å²) in [6.07, 6.45) is 6.97. The fourth-order valence-electron chi connectivity index (χ4n) is 1.47. The average Bonchev–Trinajstić information content (AvgIpc) is 2.45. The molecule has 0 saturated heterocycles. The van der Waals surface area contributed by atoms with Crippen molar-refractivity contribution in [2.24, 2.45) is 4.99 Å². The summed E-state index contributed by atoms with van der Waals surface area (Å²) in [4.78, 5) is 3.61. The average molecular weight is 252 g/mol. The molecule has 0 N–H and O–H groups in total. The van der Waals surface area contributed by atoms with Gasteiger partial charge in [-0.2, -0.15) is 5.26 Å². The Morgan fingerprint density at radius 1 is 1.47 bits per heavy atom. The van der Waals surface area contributed by atoms with Gasteiger partial charge < -0.3 is 4.74 Å². The minimum absolute atomic E-state index is 0.599. The number of aliphatic imine (C=N–C) groups is 1. The van der Waals surface area contributed by atoms with Crippen molar-refractivity contribution in [2.45, 2.75) is 6.92 Å². The Morgan fingerprint density at radius 3 is 2.89 bits per heavy atom. The molecule has 0 radical (unpaired) electrons. The maximum Gasteiger partial charge on any atom is 0.119 e. The molecular weight excluding hydrogens is 236 g/mol. The SMILES string of the molecule is C=NC=CC=C(C)C(C#N)=Cc1cccc(OC)c1. The topological polar surface area (TPSA) is 45.4 Å². The van der Waals surface area contributed by atoms with E-state index >= 15 is 0 Å². The van der Waals surface area contributed by atoms with E-state index in [0.717, 1.165) is 16.9 Å². The molecule has 1 aromatic rings. The van der Waals surface area contributed by atoms with Crippen molar-refractivity contribution in [3.05, 3.63) is 59.3 Å². The quantitative estimate of drug-likeness (QED) is 0.455. The third kappa shape index (κ3) is 4.64. The Balaban J connectivity index is 3.05. The van der Waals surface area contributed by atoms with Crippen LogP contribution in [0.2, 0.25) is 0 Å². The number of hydrogen-bond donors (Lipinski definition) is 0. The van der Waals surface area contributed by atoms with Gasteiger partial charge >= 0.3 is 0 Å². The van der Waals surface area contributed by atoms with Gasteiger partial charge in [-0.25, -0.2) is 0 Å². The molecule has 1 rings (SSSR count). The van der Waals surface area contributed by atoms with Gasteiger partial charge in [0.25, 0.3) is 0 Å². The van der Waals surface area contributed by atoms with Crippen molar-refractivity contribution < 1.29 is 4.74 Å². The first-order valence-electron chi connectivity index (χ1n) is 5.76. The van der Waals surface area contributed by atoms with Gasteiger partial charge in [0.15, 0.2) is 0 Å². The van der Waals surface area contributed by atoms with Crippen LogP contribution in [-0.2, 0) is 0 Å². The second-order valence-corrected chi connectivity index (χ2v) is 3.82. The van der Waals surface area contributed by atoms with E-state index in [1.807, 2.05) is 43.3 Å². The minimum atomic E-state index is 0.599. The van der Waals surface area contributed by atoms with Crippen LogP contribution in [0.4, 0.5) is 0 Å². The van der Waals surface area contributed by atoms with Gasteiger partial charge in [0.2, 0.25) is 0 Å². The van der Waals surface area contributed by atoms with Crippen LogP contribution < -0.4 is 4.74 Å². The number of allylic oxidation sites excluding steroid dienone is 4. The van der Waals surface area contributed by atoms with E-state index in [9.17, 15) is 5.26 Å². The number of nitrogens with zero attached hydrogens (tertiary/aromatic N) is 2. The van der Waals surface area contributed by atoms with Crippen molar-refractivity contribution in [3.63, 3.8) is 0 Å². The zero-order valence-corrected chi connectivity index (χ0v) is 11.1. The van der Waals surface area contributed by atoms with Crippen LogP contribution in [0.5, 0.6) is 5.75 Å². The summed E-state index contributed by atoms with van der Waals surface area (Å²) in [6.45, 7) is 5.23. The van der Waals surface area contributed by atoms with Gasteiger partial charge in [0.1, 0.15) is 5.75 Å². The molecule has 0 aliphatic rings. The molecule has 0 saturated carbocycles. The van der Waals surface area contributed by atoms with Crippen molar-refractivity contribution in [1.82, 2.24) is 0 Å². The van der Waals surface area contributed by atoms with E-state index in [4.69, 9.17) is 4.74 Å². The monoisotopic (exact) mass is 252 g/mol. The summed E-state index contributed by atoms with van der Waals surface area (Å²) in [5.41, 5.74) is 2.39. The second kappa shape index (κ2) is 7.67. The maximum atomic E-state index is 9.19. The lowest BCUT2D eigenvalue weighted by Crippen LogP contribution is -1.85. The molecule has 0 amide bonds. The van der Waals surface area contributed by atoms with Crippen LogP contribution in [0, 0.1) is 11.3 Å². The molecule has 3 heteroatoms. The van der Waals surface area contributed by atoms with Gasteiger partial charge in [-0.05, 0) is 49.1 Å². The van der Waals surface area contributed by atoms with E-state index in [-0.39, 0.29) is 0 Å². The molecule has 0 aliphatic heterocycles. The molecule has 96 valence electrons. The minimum Gasteiger partial charge on any atom is -0.497 e. The van der Waals surface area contributed by atoms with Gasteiger partial charge in [-0.15, -0.1) is 0 Å². The first-order valence-corrected chi connectivity index (χ1v) is 5.76. The van der Waals surface area contributed by atoms with Crippen molar-refractivity contribution >= 4 is 12.8 Å². The van der Waals surface area contributed by atoms with Crippen molar-refractivity contribution in [2.75, 3.05) is 7.11 Å². The van der Waals surface area contributed by atoms with Crippen molar-refractivity contribution in [3.8, 4) is 11.8 Å². The Bertz CT molecular complexity index is 575. The highest BCUT2D eigenvalue weighted by molar-refractivity contribution is 5.64. The van der Waals surface area contributed by atoms with Crippen LogP contribution in [0.3, 0.4) is 0 Å². The predicted octanol–water partition coefficient (Wildman–Crippen LogP) is 3.76. The van der Waals surface area contributed by atoms with Crippen LogP contribution in [0.15, 0.2) is 58.8 Å². The molecule has 3 nitrogen and oxygen atoms in total. The van der Waals surface area contributed by atoms with Crippen LogP contribution in [-0.4, -0.2) is 13.8 Å². The second-order valence-electron chi connectivity index (χ2n) is 3.82. The lowest BCUT2D eigenvalue weighted by molar-refractivity contribution is 0.414. The number of benzene rings is 1. The zero-order valence-electron chi connectivity index (χ0n) is 11.1.